The van der Waals surface area contributed by atoms with E-state index < -0.39 is 5.97 Å². The zero-order chi connectivity index (χ0) is 17.4. The second-order valence-corrected chi connectivity index (χ2v) is 5.36. The Morgan fingerprint density at radius 3 is 2.54 bits per heavy atom. The van der Waals surface area contributed by atoms with Crippen molar-refractivity contribution in [1.29, 1.82) is 0 Å². The minimum absolute atomic E-state index is 0.178. The Bertz CT molecular complexity index is 712. The van der Waals surface area contributed by atoms with Crippen LogP contribution in [-0.2, 0) is 11.2 Å². The first-order valence-corrected chi connectivity index (χ1v) is 7.94. The molecule has 0 spiro atoms. The Morgan fingerprint density at radius 1 is 1.08 bits per heavy atom. The summed E-state index contributed by atoms with van der Waals surface area (Å²) in [4.78, 5) is 23.4. The molecular weight excluding hydrogens is 306 g/mol. The fourth-order valence-corrected chi connectivity index (χ4v) is 2.32. The van der Waals surface area contributed by atoms with E-state index in [0.29, 0.717) is 30.0 Å². The first kappa shape index (κ1) is 17.5. The van der Waals surface area contributed by atoms with E-state index in [1.165, 1.54) is 0 Å². The lowest BCUT2D eigenvalue weighted by atomic mass is 10.0. The maximum absolute atomic E-state index is 12.2. The van der Waals surface area contributed by atoms with E-state index in [2.05, 4.69) is 5.32 Å². The molecule has 0 aliphatic rings. The lowest BCUT2D eigenvalue weighted by Gasteiger charge is -2.12. The van der Waals surface area contributed by atoms with Gasteiger partial charge in [0.1, 0.15) is 5.75 Å². The number of carboxylic acids is 1. The summed E-state index contributed by atoms with van der Waals surface area (Å²) in [6.07, 6.45) is 1.45. The number of ether oxygens (including phenoxy) is 1. The molecule has 5 nitrogen and oxygen atoms in total. The Kier molecular flexibility index (Phi) is 6.37. The highest BCUT2D eigenvalue weighted by molar-refractivity contribution is 5.93. The standard InChI is InChI=1S/C19H21NO4/c1-2-13-24-17-10-6-5-9-16(17)20-18(21)12-11-14-7-3-4-8-15(14)19(22)23/h3-10H,2,11-13H2,1H3,(H,20,21)(H,22,23). The van der Waals surface area contributed by atoms with E-state index in [-0.39, 0.29) is 17.9 Å². The average Bonchev–Trinajstić information content (AvgIpc) is 2.59. The van der Waals surface area contributed by atoms with E-state index in [4.69, 9.17) is 9.84 Å². The average molecular weight is 327 g/mol. The number of carbonyl (C=O) groups is 2. The van der Waals surface area contributed by atoms with Gasteiger partial charge < -0.3 is 15.2 Å². The Hall–Kier alpha value is -2.82. The first-order chi connectivity index (χ1) is 11.6. The van der Waals surface area contributed by atoms with Crippen LogP contribution in [0.5, 0.6) is 5.75 Å². The van der Waals surface area contributed by atoms with Crippen LogP contribution in [0.25, 0.3) is 0 Å². The number of amides is 1. The van der Waals surface area contributed by atoms with Crippen molar-refractivity contribution in [3.63, 3.8) is 0 Å². The van der Waals surface area contributed by atoms with Crippen molar-refractivity contribution in [3.8, 4) is 5.75 Å². The molecule has 126 valence electrons. The highest BCUT2D eigenvalue weighted by Crippen LogP contribution is 2.24. The number of carbonyl (C=O) groups excluding carboxylic acids is 1. The summed E-state index contributed by atoms with van der Waals surface area (Å²) in [5.41, 5.74) is 1.51. The summed E-state index contributed by atoms with van der Waals surface area (Å²) < 4.78 is 5.61. The van der Waals surface area contributed by atoms with Gasteiger partial charge in [-0.15, -0.1) is 0 Å². The fraction of sp³-hybridized carbons (Fsp3) is 0.263. The van der Waals surface area contributed by atoms with Gasteiger partial charge in [0, 0.05) is 6.42 Å². The van der Waals surface area contributed by atoms with Crippen LogP contribution in [0, 0.1) is 0 Å². The predicted molar refractivity (Wildman–Crippen MR) is 92.6 cm³/mol. The van der Waals surface area contributed by atoms with Crippen molar-refractivity contribution in [1.82, 2.24) is 0 Å². The van der Waals surface area contributed by atoms with Gasteiger partial charge in [-0.3, -0.25) is 4.79 Å². The molecule has 2 rings (SSSR count). The number of benzene rings is 2. The third-order valence-corrected chi connectivity index (χ3v) is 3.49. The lowest BCUT2D eigenvalue weighted by Crippen LogP contribution is -2.14. The number of rotatable bonds is 8. The van der Waals surface area contributed by atoms with Gasteiger partial charge in [0.05, 0.1) is 17.9 Å². The SMILES string of the molecule is CCCOc1ccccc1NC(=O)CCc1ccccc1C(=O)O. The second kappa shape index (κ2) is 8.72. The van der Waals surface area contributed by atoms with Crippen LogP contribution in [0.2, 0.25) is 0 Å². The number of anilines is 1. The van der Waals surface area contributed by atoms with Crippen LogP contribution < -0.4 is 10.1 Å². The third-order valence-electron chi connectivity index (χ3n) is 3.49. The summed E-state index contributed by atoms with van der Waals surface area (Å²) in [5.74, 6) is -0.523. The van der Waals surface area contributed by atoms with Gasteiger partial charge in [-0.2, -0.15) is 0 Å². The topological polar surface area (TPSA) is 75.6 Å². The number of aryl methyl sites for hydroxylation is 1. The van der Waals surface area contributed by atoms with Gasteiger partial charge in [-0.25, -0.2) is 4.79 Å². The lowest BCUT2D eigenvalue weighted by molar-refractivity contribution is -0.116. The molecule has 5 heteroatoms. The smallest absolute Gasteiger partial charge is 0.335 e. The van der Waals surface area contributed by atoms with Crippen LogP contribution in [0.4, 0.5) is 5.69 Å². The molecule has 24 heavy (non-hydrogen) atoms. The summed E-state index contributed by atoms with van der Waals surface area (Å²) in [7, 11) is 0. The molecular formula is C19H21NO4. The van der Waals surface area contributed by atoms with Crippen LogP contribution in [0.1, 0.15) is 35.7 Å². The zero-order valence-electron chi connectivity index (χ0n) is 13.6. The van der Waals surface area contributed by atoms with Crippen molar-refractivity contribution in [2.75, 3.05) is 11.9 Å². The predicted octanol–water partition coefficient (Wildman–Crippen LogP) is 3.74. The number of carboxylic acid groups (broad SMARTS) is 1. The highest BCUT2D eigenvalue weighted by atomic mass is 16.5. The quantitative estimate of drug-likeness (QED) is 0.774. The molecule has 1 amide bonds. The molecule has 2 N–H and O–H groups in total. The molecule has 0 atom stereocenters. The van der Waals surface area contributed by atoms with E-state index in [9.17, 15) is 9.59 Å². The monoisotopic (exact) mass is 327 g/mol. The summed E-state index contributed by atoms with van der Waals surface area (Å²) in [5, 5.41) is 12.0. The van der Waals surface area contributed by atoms with E-state index >= 15 is 0 Å². The van der Waals surface area contributed by atoms with E-state index in [1.54, 1.807) is 30.3 Å². The van der Waals surface area contributed by atoms with Gasteiger partial charge in [0.15, 0.2) is 0 Å². The van der Waals surface area contributed by atoms with Crippen molar-refractivity contribution in [3.05, 3.63) is 59.7 Å². The van der Waals surface area contributed by atoms with Gasteiger partial charge >= 0.3 is 5.97 Å². The Labute approximate surface area is 141 Å². The third kappa shape index (κ3) is 4.84. The molecule has 0 fully saturated rings. The minimum atomic E-state index is -0.982. The van der Waals surface area contributed by atoms with Gasteiger partial charge in [-0.1, -0.05) is 37.3 Å². The van der Waals surface area contributed by atoms with Gasteiger partial charge in [0.25, 0.3) is 0 Å². The molecule has 0 bridgehead atoms. The van der Waals surface area contributed by atoms with Crippen molar-refractivity contribution >= 4 is 17.6 Å². The van der Waals surface area contributed by atoms with Crippen molar-refractivity contribution < 1.29 is 19.4 Å². The van der Waals surface area contributed by atoms with Crippen molar-refractivity contribution in [2.24, 2.45) is 0 Å². The molecule has 2 aromatic rings. The fourth-order valence-electron chi connectivity index (χ4n) is 2.32. The number of para-hydroxylation sites is 2. The van der Waals surface area contributed by atoms with E-state index in [1.807, 2.05) is 25.1 Å². The summed E-state index contributed by atoms with van der Waals surface area (Å²) in [6.45, 7) is 2.60. The maximum atomic E-state index is 12.2. The first-order valence-electron chi connectivity index (χ1n) is 7.94. The molecule has 0 saturated heterocycles. The number of nitrogens with one attached hydrogen (secondary N) is 1. The number of hydrogen-bond acceptors (Lipinski definition) is 3. The molecule has 0 saturated carbocycles. The summed E-state index contributed by atoms with van der Waals surface area (Å²) in [6, 6.07) is 14.0. The maximum Gasteiger partial charge on any atom is 0.335 e. The highest BCUT2D eigenvalue weighted by Gasteiger charge is 2.12. The minimum Gasteiger partial charge on any atom is -0.491 e. The van der Waals surface area contributed by atoms with Gasteiger partial charge in [0.2, 0.25) is 5.91 Å². The molecule has 0 unspecified atom stereocenters. The summed E-state index contributed by atoms with van der Waals surface area (Å²) >= 11 is 0. The van der Waals surface area contributed by atoms with Crippen molar-refractivity contribution in [2.45, 2.75) is 26.2 Å². The largest absolute Gasteiger partial charge is 0.491 e. The molecule has 0 aromatic heterocycles. The van der Waals surface area contributed by atoms with Gasteiger partial charge in [-0.05, 0) is 36.6 Å². The molecule has 0 aliphatic heterocycles. The number of hydrogen-bond donors (Lipinski definition) is 2. The Morgan fingerprint density at radius 2 is 1.79 bits per heavy atom. The van der Waals surface area contributed by atoms with Crippen LogP contribution >= 0.6 is 0 Å². The van der Waals surface area contributed by atoms with Crippen LogP contribution in [0.15, 0.2) is 48.5 Å². The second-order valence-electron chi connectivity index (χ2n) is 5.36. The number of aromatic carboxylic acids is 1. The van der Waals surface area contributed by atoms with E-state index in [0.717, 1.165) is 6.42 Å². The molecule has 0 radical (unpaired) electrons. The molecule has 0 heterocycles. The Balaban J connectivity index is 1.98. The zero-order valence-corrected chi connectivity index (χ0v) is 13.6. The normalized spacial score (nSPS) is 10.2. The van der Waals surface area contributed by atoms with Crippen LogP contribution in [0.3, 0.4) is 0 Å². The van der Waals surface area contributed by atoms with Crippen LogP contribution in [-0.4, -0.2) is 23.6 Å². The molecule has 0 aliphatic carbocycles. The molecule has 2 aromatic carbocycles.